The maximum absolute atomic E-state index is 2.43. The van der Waals surface area contributed by atoms with Crippen molar-refractivity contribution in [2.24, 2.45) is 0 Å². The second-order valence-electron chi connectivity index (χ2n) is 26.0. The SMILES string of the molecule is c1ccc(-c2ccc(-c3cc(-c4ccc5c(c4)c4ccccc4n5-c4ccccc4)cc(-n4c5ccccc5c5ccccc54)c3)cc2)cc1.c1ccc(-c2cccc(-c3cc(-c4ccc5c(c4)c4ccccc4n5-c4ccccc4)cc(-n4c5ccccc5c5ccccc54)c3)c2)cc1. The third kappa shape index (κ3) is 10.1. The van der Waals surface area contributed by atoms with E-state index in [2.05, 4.69) is 407 Å². The number of hydrogen-bond acceptors (Lipinski definition) is 0. The molecule has 0 aliphatic heterocycles. The van der Waals surface area contributed by atoms with Crippen LogP contribution in [-0.4, -0.2) is 18.3 Å². The van der Waals surface area contributed by atoms with Gasteiger partial charge in [0, 0.05) is 65.8 Å². The molecule has 0 saturated carbocycles. The number of fused-ring (bicyclic) bond motifs is 12. The van der Waals surface area contributed by atoms with Crippen molar-refractivity contribution in [2.45, 2.75) is 0 Å². The van der Waals surface area contributed by atoms with Gasteiger partial charge in [-0.1, -0.05) is 261 Å². The number of aromatic nitrogens is 4. The highest BCUT2D eigenvalue weighted by molar-refractivity contribution is 6.14. The van der Waals surface area contributed by atoms with Crippen LogP contribution < -0.4 is 0 Å². The van der Waals surface area contributed by atoms with E-state index in [1.165, 1.54) is 165 Å². The Morgan fingerprint density at radius 2 is 0.320 bits per heavy atom. The topological polar surface area (TPSA) is 19.7 Å². The maximum atomic E-state index is 2.43. The molecule has 4 aromatic heterocycles. The summed E-state index contributed by atoms with van der Waals surface area (Å²) < 4.78 is 9.61. The number of nitrogens with zero attached hydrogens (tertiary/aromatic N) is 4. The predicted molar refractivity (Wildman–Crippen MR) is 423 cm³/mol. The molecular formula is C96H64N4. The molecule has 0 fully saturated rings. The lowest BCUT2D eigenvalue weighted by atomic mass is 9.95. The van der Waals surface area contributed by atoms with Crippen LogP contribution in [0.25, 0.3) is 177 Å². The lowest BCUT2D eigenvalue weighted by Crippen LogP contribution is -1.96. The summed E-state index contributed by atoms with van der Waals surface area (Å²) in [5, 5.41) is 10.0. The highest BCUT2D eigenvalue weighted by Gasteiger charge is 2.20. The Bertz CT molecular complexity index is 6380. The van der Waals surface area contributed by atoms with Crippen LogP contribution in [0.15, 0.2) is 388 Å². The highest BCUT2D eigenvalue weighted by atomic mass is 15.0. The van der Waals surface area contributed by atoms with E-state index in [9.17, 15) is 0 Å². The van der Waals surface area contributed by atoms with Gasteiger partial charge in [0.1, 0.15) is 0 Å². The predicted octanol–water partition coefficient (Wildman–Crippen LogP) is 25.8. The molecule has 4 nitrogen and oxygen atoms in total. The first-order chi connectivity index (χ1) is 49.6. The quantitative estimate of drug-likeness (QED) is 0.130. The lowest BCUT2D eigenvalue weighted by molar-refractivity contribution is 1.18. The largest absolute Gasteiger partial charge is 0.309 e. The van der Waals surface area contributed by atoms with Crippen molar-refractivity contribution in [2.75, 3.05) is 0 Å². The van der Waals surface area contributed by atoms with E-state index < -0.39 is 0 Å². The van der Waals surface area contributed by atoms with Crippen molar-refractivity contribution < 1.29 is 0 Å². The smallest absolute Gasteiger partial charge is 0.0541 e. The van der Waals surface area contributed by atoms with Gasteiger partial charge in [-0.05, 0) is 194 Å². The fourth-order valence-corrected chi connectivity index (χ4v) is 15.6. The van der Waals surface area contributed by atoms with E-state index in [4.69, 9.17) is 0 Å². The minimum Gasteiger partial charge on any atom is -0.309 e. The van der Waals surface area contributed by atoms with E-state index in [1.807, 2.05) is 0 Å². The molecule has 468 valence electrons. The van der Waals surface area contributed by atoms with E-state index >= 15 is 0 Å². The van der Waals surface area contributed by atoms with Crippen LogP contribution in [0.1, 0.15) is 0 Å². The first-order valence-electron chi connectivity index (χ1n) is 34.4. The van der Waals surface area contributed by atoms with Gasteiger partial charge in [-0.2, -0.15) is 0 Å². The third-order valence-corrected chi connectivity index (χ3v) is 20.2. The molecule has 0 amide bonds. The van der Waals surface area contributed by atoms with Crippen LogP contribution in [0, 0.1) is 0 Å². The van der Waals surface area contributed by atoms with E-state index in [-0.39, 0.29) is 0 Å². The second kappa shape index (κ2) is 24.4. The Kier molecular flexibility index (Phi) is 14.2. The molecule has 0 saturated heterocycles. The van der Waals surface area contributed by atoms with Gasteiger partial charge in [0.2, 0.25) is 0 Å². The molecule has 0 unspecified atom stereocenters. The normalized spacial score (nSPS) is 11.6. The van der Waals surface area contributed by atoms with Crippen LogP contribution in [0.5, 0.6) is 0 Å². The number of rotatable bonds is 10. The Balaban J connectivity index is 0.000000139. The van der Waals surface area contributed by atoms with Crippen LogP contribution >= 0.6 is 0 Å². The number of para-hydroxylation sites is 8. The molecule has 20 aromatic rings. The summed E-state index contributed by atoms with van der Waals surface area (Å²) in [5.41, 5.74) is 28.7. The maximum Gasteiger partial charge on any atom is 0.0541 e. The Labute approximate surface area is 579 Å². The molecule has 4 heterocycles. The molecule has 16 aromatic carbocycles. The fourth-order valence-electron chi connectivity index (χ4n) is 15.6. The summed E-state index contributed by atoms with van der Waals surface area (Å²) in [5.74, 6) is 0. The Morgan fingerprint density at radius 3 is 0.680 bits per heavy atom. The zero-order chi connectivity index (χ0) is 66.0. The molecule has 100 heavy (non-hydrogen) atoms. The molecule has 4 heteroatoms. The minimum atomic E-state index is 1.15. The monoisotopic (exact) mass is 1270 g/mol. The fraction of sp³-hybridized carbons (Fsp3) is 0. The van der Waals surface area contributed by atoms with E-state index in [1.54, 1.807) is 0 Å². The van der Waals surface area contributed by atoms with Crippen molar-refractivity contribution in [3.8, 4) is 89.5 Å². The third-order valence-electron chi connectivity index (χ3n) is 20.2. The molecule has 0 aliphatic carbocycles. The zero-order valence-corrected chi connectivity index (χ0v) is 54.7. The number of benzene rings is 16. The average Bonchev–Trinajstić information content (AvgIpc) is 1.59. The molecule has 0 aliphatic rings. The standard InChI is InChI=1S/2C48H32N2/c1-3-14-33(15-4-1)34-16-13-17-35(28-34)37-29-38(31-40(30-37)50-45-23-10-7-20-41(45)42-21-8-11-24-46(42)50)36-26-27-48-44(32-36)43-22-9-12-25-47(43)49(48)39-18-5-2-6-19-39;1-3-13-33(14-4-1)34-23-25-35(26-24-34)37-29-38(31-40(30-37)50-45-20-10-7-17-41(45)42-18-8-11-21-46(42)50)36-27-28-48-44(32-36)43-19-9-12-22-47(43)49(48)39-15-5-2-6-16-39/h2*1-32H. The van der Waals surface area contributed by atoms with Crippen molar-refractivity contribution in [1.82, 2.24) is 18.3 Å². The van der Waals surface area contributed by atoms with Gasteiger partial charge in [0.15, 0.2) is 0 Å². The summed E-state index contributed by atoms with van der Waals surface area (Å²) >= 11 is 0. The average molecular weight is 1270 g/mol. The molecule has 0 radical (unpaired) electrons. The van der Waals surface area contributed by atoms with Crippen LogP contribution in [0.3, 0.4) is 0 Å². The van der Waals surface area contributed by atoms with Crippen molar-refractivity contribution in [1.29, 1.82) is 0 Å². The van der Waals surface area contributed by atoms with Gasteiger partial charge >= 0.3 is 0 Å². The van der Waals surface area contributed by atoms with Gasteiger partial charge in [0.05, 0.1) is 44.1 Å². The van der Waals surface area contributed by atoms with Crippen LogP contribution in [0.2, 0.25) is 0 Å². The summed E-state index contributed by atoms with van der Waals surface area (Å²) in [6.45, 7) is 0. The van der Waals surface area contributed by atoms with Gasteiger partial charge in [0.25, 0.3) is 0 Å². The van der Waals surface area contributed by atoms with Gasteiger partial charge in [-0.15, -0.1) is 0 Å². The van der Waals surface area contributed by atoms with E-state index in [0.29, 0.717) is 0 Å². The summed E-state index contributed by atoms with van der Waals surface area (Å²) in [7, 11) is 0. The second-order valence-corrected chi connectivity index (χ2v) is 26.0. The molecular weight excluding hydrogens is 1210 g/mol. The lowest BCUT2D eigenvalue weighted by Gasteiger charge is -2.15. The molecule has 0 spiro atoms. The highest BCUT2D eigenvalue weighted by Crippen LogP contribution is 2.43. The van der Waals surface area contributed by atoms with E-state index in [0.717, 1.165) is 11.4 Å². The van der Waals surface area contributed by atoms with Gasteiger partial charge in [-0.25, -0.2) is 0 Å². The Morgan fingerprint density at radius 1 is 0.110 bits per heavy atom. The van der Waals surface area contributed by atoms with Crippen LogP contribution in [-0.2, 0) is 0 Å². The zero-order valence-electron chi connectivity index (χ0n) is 54.7. The molecule has 0 N–H and O–H groups in total. The van der Waals surface area contributed by atoms with Crippen LogP contribution in [0.4, 0.5) is 0 Å². The van der Waals surface area contributed by atoms with Gasteiger partial charge in [-0.3, -0.25) is 0 Å². The van der Waals surface area contributed by atoms with Crippen molar-refractivity contribution >= 4 is 87.2 Å². The van der Waals surface area contributed by atoms with Crippen molar-refractivity contribution in [3.05, 3.63) is 388 Å². The first kappa shape index (κ1) is 58.1. The first-order valence-corrected chi connectivity index (χ1v) is 34.4. The molecule has 20 rings (SSSR count). The Hall–Kier alpha value is -13.3. The molecule has 0 atom stereocenters. The summed E-state index contributed by atoms with van der Waals surface area (Å²) in [4.78, 5) is 0. The van der Waals surface area contributed by atoms with Crippen molar-refractivity contribution in [3.63, 3.8) is 0 Å². The summed E-state index contributed by atoms with van der Waals surface area (Å²) in [6.07, 6.45) is 0. The number of hydrogen-bond donors (Lipinski definition) is 0. The van der Waals surface area contributed by atoms with Gasteiger partial charge < -0.3 is 18.3 Å². The summed E-state index contributed by atoms with van der Waals surface area (Å²) in [6, 6.07) is 141. The molecule has 0 bridgehead atoms. The minimum absolute atomic E-state index is 1.15.